The Balaban J connectivity index is 1.87. The van der Waals surface area contributed by atoms with Gasteiger partial charge in [0.15, 0.2) is 0 Å². The standard InChI is InChI=1S/C28H40N2O3/c1-5-7-8-9-10-11-23-12-16-25(17-13-23)29-27(31)20-21-30(22(3)6-2)28(32)24-14-18-26(33-4)19-15-24/h12-19,22H,5-11,20-21H2,1-4H3,(H,29,31). The molecule has 180 valence electrons. The first-order valence-corrected chi connectivity index (χ1v) is 12.3. The summed E-state index contributed by atoms with van der Waals surface area (Å²) in [5.41, 5.74) is 2.70. The summed E-state index contributed by atoms with van der Waals surface area (Å²) in [6, 6.07) is 15.3. The molecule has 0 aliphatic carbocycles. The van der Waals surface area contributed by atoms with E-state index in [1.165, 1.54) is 37.7 Å². The number of nitrogens with one attached hydrogen (secondary N) is 1. The number of carbonyl (C=O) groups excluding carboxylic acids is 2. The van der Waals surface area contributed by atoms with E-state index in [0.717, 1.165) is 18.5 Å². The lowest BCUT2D eigenvalue weighted by Crippen LogP contribution is -2.40. The van der Waals surface area contributed by atoms with E-state index in [-0.39, 0.29) is 24.3 Å². The molecule has 0 aromatic heterocycles. The van der Waals surface area contributed by atoms with Gasteiger partial charge in [-0.2, -0.15) is 0 Å². The van der Waals surface area contributed by atoms with Crippen LogP contribution < -0.4 is 10.1 Å². The lowest BCUT2D eigenvalue weighted by molar-refractivity contribution is -0.116. The van der Waals surface area contributed by atoms with Crippen molar-refractivity contribution >= 4 is 17.5 Å². The van der Waals surface area contributed by atoms with Crippen LogP contribution in [0.25, 0.3) is 0 Å². The highest BCUT2D eigenvalue weighted by Gasteiger charge is 2.21. The van der Waals surface area contributed by atoms with Crippen LogP contribution in [0.5, 0.6) is 5.75 Å². The van der Waals surface area contributed by atoms with Gasteiger partial charge in [0.2, 0.25) is 5.91 Å². The molecule has 2 aromatic rings. The van der Waals surface area contributed by atoms with Crippen LogP contribution >= 0.6 is 0 Å². The number of benzene rings is 2. The zero-order valence-corrected chi connectivity index (χ0v) is 20.7. The number of carbonyl (C=O) groups is 2. The SMILES string of the molecule is CCCCCCCc1ccc(NC(=O)CCN(C(=O)c2ccc(OC)cc2)C(C)CC)cc1. The third-order valence-corrected chi connectivity index (χ3v) is 6.11. The van der Waals surface area contributed by atoms with Crippen LogP contribution in [0.2, 0.25) is 0 Å². The van der Waals surface area contributed by atoms with Gasteiger partial charge in [0.25, 0.3) is 5.91 Å². The number of unbranched alkanes of at least 4 members (excludes halogenated alkanes) is 4. The Hall–Kier alpha value is -2.82. The van der Waals surface area contributed by atoms with E-state index in [9.17, 15) is 9.59 Å². The van der Waals surface area contributed by atoms with Crippen molar-refractivity contribution in [1.82, 2.24) is 4.90 Å². The molecule has 5 heteroatoms. The first kappa shape index (κ1) is 26.4. The topological polar surface area (TPSA) is 58.6 Å². The lowest BCUT2D eigenvalue weighted by atomic mass is 10.1. The highest BCUT2D eigenvalue weighted by Crippen LogP contribution is 2.17. The molecule has 0 spiro atoms. The van der Waals surface area contributed by atoms with Gasteiger partial charge in [-0.1, -0.05) is 51.7 Å². The summed E-state index contributed by atoms with van der Waals surface area (Å²) < 4.78 is 5.18. The second-order valence-corrected chi connectivity index (χ2v) is 8.64. The Labute approximate surface area is 199 Å². The molecule has 33 heavy (non-hydrogen) atoms. The molecule has 0 fully saturated rings. The molecule has 0 saturated heterocycles. The molecule has 0 heterocycles. The Kier molecular flexibility index (Phi) is 11.5. The quantitative estimate of drug-likeness (QED) is 0.334. The minimum atomic E-state index is -0.0850. The van der Waals surface area contributed by atoms with Gasteiger partial charge in [-0.15, -0.1) is 0 Å². The number of ether oxygens (including phenoxy) is 1. The lowest BCUT2D eigenvalue weighted by Gasteiger charge is -2.28. The maximum atomic E-state index is 13.1. The van der Waals surface area contributed by atoms with E-state index in [4.69, 9.17) is 4.74 Å². The summed E-state index contributed by atoms with van der Waals surface area (Å²) in [7, 11) is 1.60. The fourth-order valence-corrected chi connectivity index (χ4v) is 3.77. The van der Waals surface area contributed by atoms with Crippen LogP contribution in [0.3, 0.4) is 0 Å². The van der Waals surface area contributed by atoms with E-state index in [1.54, 1.807) is 36.3 Å². The van der Waals surface area contributed by atoms with Gasteiger partial charge in [-0.3, -0.25) is 9.59 Å². The molecule has 1 N–H and O–H groups in total. The summed E-state index contributed by atoms with van der Waals surface area (Å²) >= 11 is 0. The second kappa shape index (κ2) is 14.4. The smallest absolute Gasteiger partial charge is 0.254 e. The summed E-state index contributed by atoms with van der Waals surface area (Å²) in [6.45, 7) is 6.67. The number of anilines is 1. The highest BCUT2D eigenvalue weighted by atomic mass is 16.5. The van der Waals surface area contributed by atoms with Crippen molar-refractivity contribution < 1.29 is 14.3 Å². The number of nitrogens with zero attached hydrogens (tertiary/aromatic N) is 1. The molecule has 2 rings (SSSR count). The number of hydrogen-bond donors (Lipinski definition) is 1. The van der Waals surface area contributed by atoms with Gasteiger partial charge in [-0.05, 0) is 68.1 Å². The van der Waals surface area contributed by atoms with Crippen molar-refractivity contribution in [2.45, 2.75) is 78.2 Å². The summed E-state index contributed by atoms with van der Waals surface area (Å²) in [4.78, 5) is 27.4. The number of rotatable bonds is 14. The first-order chi connectivity index (χ1) is 16.0. The Morgan fingerprint density at radius 3 is 2.21 bits per heavy atom. The molecular formula is C28H40N2O3. The van der Waals surface area contributed by atoms with Gasteiger partial charge in [0, 0.05) is 30.3 Å². The molecule has 2 amide bonds. The molecule has 0 radical (unpaired) electrons. The zero-order valence-electron chi connectivity index (χ0n) is 20.7. The third-order valence-electron chi connectivity index (χ3n) is 6.11. The minimum Gasteiger partial charge on any atom is -0.497 e. The molecule has 0 saturated carbocycles. The van der Waals surface area contributed by atoms with E-state index < -0.39 is 0 Å². The average molecular weight is 453 g/mol. The van der Waals surface area contributed by atoms with Gasteiger partial charge >= 0.3 is 0 Å². The molecule has 0 aliphatic heterocycles. The molecule has 0 bridgehead atoms. The fourth-order valence-electron chi connectivity index (χ4n) is 3.77. The van der Waals surface area contributed by atoms with Crippen LogP contribution in [0.15, 0.2) is 48.5 Å². The van der Waals surface area contributed by atoms with Gasteiger partial charge in [-0.25, -0.2) is 0 Å². The number of aryl methyl sites for hydroxylation is 1. The van der Waals surface area contributed by atoms with Crippen LogP contribution in [-0.2, 0) is 11.2 Å². The largest absolute Gasteiger partial charge is 0.497 e. The first-order valence-electron chi connectivity index (χ1n) is 12.3. The maximum Gasteiger partial charge on any atom is 0.254 e. The number of amides is 2. The Morgan fingerprint density at radius 1 is 0.939 bits per heavy atom. The normalized spacial score (nSPS) is 11.6. The van der Waals surface area contributed by atoms with Crippen molar-refractivity contribution in [3.8, 4) is 5.75 Å². The maximum absolute atomic E-state index is 13.1. The molecule has 1 unspecified atom stereocenters. The number of methoxy groups -OCH3 is 1. The van der Waals surface area contributed by atoms with Crippen LogP contribution in [-0.4, -0.2) is 36.4 Å². The Bertz CT molecular complexity index is 846. The van der Waals surface area contributed by atoms with E-state index >= 15 is 0 Å². The molecule has 1 atom stereocenters. The second-order valence-electron chi connectivity index (χ2n) is 8.64. The van der Waals surface area contributed by atoms with Gasteiger partial charge in [0.05, 0.1) is 7.11 Å². The van der Waals surface area contributed by atoms with Crippen molar-refractivity contribution in [2.24, 2.45) is 0 Å². The van der Waals surface area contributed by atoms with Crippen molar-refractivity contribution in [3.63, 3.8) is 0 Å². The molecule has 0 aliphatic rings. The average Bonchev–Trinajstić information content (AvgIpc) is 2.84. The fraction of sp³-hybridized carbons (Fsp3) is 0.500. The van der Waals surface area contributed by atoms with Gasteiger partial charge < -0.3 is 15.0 Å². The third kappa shape index (κ3) is 8.91. The van der Waals surface area contributed by atoms with Crippen molar-refractivity contribution in [1.29, 1.82) is 0 Å². The zero-order chi connectivity index (χ0) is 24.1. The van der Waals surface area contributed by atoms with Crippen LogP contribution in [0, 0.1) is 0 Å². The van der Waals surface area contributed by atoms with E-state index in [1.807, 2.05) is 26.0 Å². The van der Waals surface area contributed by atoms with Gasteiger partial charge in [0.1, 0.15) is 5.75 Å². The van der Waals surface area contributed by atoms with E-state index in [0.29, 0.717) is 17.9 Å². The molecule has 5 nitrogen and oxygen atoms in total. The molecular weight excluding hydrogens is 412 g/mol. The predicted molar refractivity (Wildman–Crippen MR) is 136 cm³/mol. The van der Waals surface area contributed by atoms with E-state index in [2.05, 4.69) is 24.4 Å². The Morgan fingerprint density at radius 2 is 1.61 bits per heavy atom. The number of hydrogen-bond acceptors (Lipinski definition) is 3. The minimum absolute atomic E-state index is 0.0454. The van der Waals surface area contributed by atoms with Crippen LogP contribution in [0.1, 0.15) is 81.6 Å². The van der Waals surface area contributed by atoms with Crippen molar-refractivity contribution in [3.05, 3.63) is 59.7 Å². The predicted octanol–water partition coefficient (Wildman–Crippen LogP) is 6.48. The monoisotopic (exact) mass is 452 g/mol. The summed E-state index contributed by atoms with van der Waals surface area (Å²) in [6.07, 6.45) is 8.52. The van der Waals surface area contributed by atoms with Crippen LogP contribution in [0.4, 0.5) is 5.69 Å². The van der Waals surface area contributed by atoms with Crippen molar-refractivity contribution in [2.75, 3.05) is 19.0 Å². The molecule has 2 aromatic carbocycles. The highest BCUT2D eigenvalue weighted by molar-refractivity contribution is 5.95. The summed E-state index contributed by atoms with van der Waals surface area (Å²) in [5.74, 6) is 0.560. The summed E-state index contributed by atoms with van der Waals surface area (Å²) in [5, 5.41) is 2.97.